The maximum Gasteiger partial charge on any atom is 0.241 e. The quantitative estimate of drug-likeness (QED) is 0.860. The molecule has 1 aromatic carbocycles. The van der Waals surface area contributed by atoms with Crippen molar-refractivity contribution in [2.45, 2.75) is 23.8 Å². The molecule has 1 aliphatic carbocycles. The third kappa shape index (κ3) is 3.43. The molecule has 1 fully saturated rings. The molecule has 0 bridgehead atoms. The first kappa shape index (κ1) is 14.5. The molecule has 110 valence electrons. The van der Waals surface area contributed by atoms with E-state index in [0.717, 1.165) is 18.4 Å². The highest BCUT2D eigenvalue weighted by Crippen LogP contribution is 2.41. The van der Waals surface area contributed by atoms with Gasteiger partial charge in [-0.25, -0.2) is 18.1 Å². The summed E-state index contributed by atoms with van der Waals surface area (Å²) in [5, 5.41) is 0.167. The Kier molecular flexibility index (Phi) is 3.97. The summed E-state index contributed by atoms with van der Waals surface area (Å²) >= 11 is 5.78. The van der Waals surface area contributed by atoms with Gasteiger partial charge >= 0.3 is 0 Å². The van der Waals surface area contributed by atoms with E-state index in [1.807, 2.05) is 30.3 Å². The Bertz CT molecular complexity index is 730. The summed E-state index contributed by atoms with van der Waals surface area (Å²) in [5.41, 5.74) is 0.990. The van der Waals surface area contributed by atoms with Crippen LogP contribution in [0.25, 0.3) is 0 Å². The number of nitrogens with one attached hydrogen (secondary N) is 1. The minimum absolute atomic E-state index is 0.143. The van der Waals surface area contributed by atoms with Gasteiger partial charge in [-0.15, -0.1) is 0 Å². The van der Waals surface area contributed by atoms with Crippen molar-refractivity contribution in [3.05, 3.63) is 59.4 Å². The molecule has 4 nitrogen and oxygen atoms in total. The van der Waals surface area contributed by atoms with E-state index in [4.69, 9.17) is 11.6 Å². The van der Waals surface area contributed by atoms with E-state index in [9.17, 15) is 8.42 Å². The summed E-state index contributed by atoms with van der Waals surface area (Å²) in [6.45, 7) is 0. The molecule has 1 saturated carbocycles. The third-order valence-electron chi connectivity index (χ3n) is 3.54. The largest absolute Gasteiger partial charge is 0.244 e. The van der Waals surface area contributed by atoms with Gasteiger partial charge in [0.1, 0.15) is 5.15 Å². The number of aromatic nitrogens is 1. The fourth-order valence-corrected chi connectivity index (χ4v) is 3.86. The van der Waals surface area contributed by atoms with Gasteiger partial charge < -0.3 is 0 Å². The van der Waals surface area contributed by atoms with Crippen molar-refractivity contribution in [3.63, 3.8) is 0 Å². The molecule has 1 aromatic heterocycles. The van der Waals surface area contributed by atoms with E-state index in [2.05, 4.69) is 9.71 Å². The van der Waals surface area contributed by atoms with Crippen LogP contribution in [0.15, 0.2) is 53.6 Å². The second-order valence-corrected chi connectivity index (χ2v) is 7.26. The van der Waals surface area contributed by atoms with Gasteiger partial charge in [0.05, 0.1) is 4.90 Å². The third-order valence-corrected chi connectivity index (χ3v) is 5.19. The molecule has 1 unspecified atom stereocenters. The summed E-state index contributed by atoms with van der Waals surface area (Å²) in [5.74, 6) is 0.361. The molecule has 6 heteroatoms. The Labute approximate surface area is 129 Å². The molecule has 1 atom stereocenters. The first-order valence-corrected chi connectivity index (χ1v) is 8.61. The topological polar surface area (TPSA) is 59.1 Å². The van der Waals surface area contributed by atoms with Crippen LogP contribution in [0.4, 0.5) is 0 Å². The molecule has 0 saturated heterocycles. The van der Waals surface area contributed by atoms with Crippen LogP contribution < -0.4 is 4.72 Å². The van der Waals surface area contributed by atoms with E-state index in [1.165, 1.54) is 18.3 Å². The Balaban J connectivity index is 1.89. The number of hydrogen-bond donors (Lipinski definition) is 1. The van der Waals surface area contributed by atoms with Crippen LogP contribution in [-0.2, 0) is 10.0 Å². The van der Waals surface area contributed by atoms with Crippen LogP contribution in [0.1, 0.15) is 24.4 Å². The Hall–Kier alpha value is -1.43. The minimum atomic E-state index is -3.61. The van der Waals surface area contributed by atoms with Crippen LogP contribution >= 0.6 is 11.6 Å². The van der Waals surface area contributed by atoms with Gasteiger partial charge in [0.2, 0.25) is 10.0 Å². The molecule has 2 aromatic rings. The normalized spacial score (nSPS) is 16.6. The monoisotopic (exact) mass is 322 g/mol. The van der Waals surface area contributed by atoms with Crippen molar-refractivity contribution in [1.82, 2.24) is 9.71 Å². The van der Waals surface area contributed by atoms with Gasteiger partial charge in [-0.2, -0.15) is 0 Å². The lowest BCUT2D eigenvalue weighted by Gasteiger charge is -2.18. The molecule has 1 aliphatic rings. The standard InChI is InChI=1S/C15H15ClN2O2S/c16-14-10-13(8-9-17-14)21(19,20)18-15(12-6-7-12)11-4-2-1-3-5-11/h1-5,8-10,12,15,18H,6-7H2. The smallest absolute Gasteiger partial charge is 0.241 e. The van der Waals surface area contributed by atoms with Crippen molar-refractivity contribution in [1.29, 1.82) is 0 Å². The molecule has 1 heterocycles. The number of rotatable bonds is 5. The number of halogens is 1. The second-order valence-electron chi connectivity index (χ2n) is 5.16. The molecule has 1 N–H and O–H groups in total. The van der Waals surface area contributed by atoms with Gasteiger partial charge in [0.15, 0.2) is 0 Å². The van der Waals surface area contributed by atoms with E-state index in [-0.39, 0.29) is 16.1 Å². The van der Waals surface area contributed by atoms with Gasteiger partial charge in [0.25, 0.3) is 0 Å². The van der Waals surface area contributed by atoms with Crippen LogP contribution in [0.3, 0.4) is 0 Å². The minimum Gasteiger partial charge on any atom is -0.244 e. The lowest BCUT2D eigenvalue weighted by molar-refractivity contribution is 0.529. The summed E-state index contributed by atoms with van der Waals surface area (Å²) in [7, 11) is -3.61. The molecular formula is C15H15ClN2O2S. The summed E-state index contributed by atoms with van der Waals surface area (Å²) in [6, 6.07) is 12.3. The molecule has 0 aliphatic heterocycles. The molecule has 21 heavy (non-hydrogen) atoms. The van der Waals surface area contributed by atoms with Crippen molar-refractivity contribution in [3.8, 4) is 0 Å². The lowest BCUT2D eigenvalue weighted by atomic mass is 10.0. The van der Waals surface area contributed by atoms with Gasteiger partial charge in [-0.05, 0) is 36.5 Å². The van der Waals surface area contributed by atoms with Gasteiger partial charge in [0, 0.05) is 12.2 Å². The number of sulfonamides is 1. The predicted octanol–water partition coefficient (Wildman–Crippen LogP) is 3.16. The molecule has 0 spiro atoms. The molecule has 0 radical (unpaired) electrons. The van der Waals surface area contributed by atoms with Crippen molar-refractivity contribution in [2.75, 3.05) is 0 Å². The lowest BCUT2D eigenvalue weighted by Crippen LogP contribution is -2.30. The van der Waals surface area contributed by atoms with Crippen LogP contribution in [-0.4, -0.2) is 13.4 Å². The van der Waals surface area contributed by atoms with E-state index in [0.29, 0.717) is 5.92 Å². The van der Waals surface area contributed by atoms with Crippen LogP contribution in [0.2, 0.25) is 5.15 Å². The Morgan fingerprint density at radius 1 is 1.19 bits per heavy atom. The fourth-order valence-electron chi connectivity index (χ4n) is 2.31. The predicted molar refractivity (Wildman–Crippen MR) is 81.5 cm³/mol. The number of benzene rings is 1. The van der Waals surface area contributed by atoms with Crippen molar-refractivity contribution in [2.24, 2.45) is 5.92 Å². The average molecular weight is 323 g/mol. The van der Waals surface area contributed by atoms with Crippen molar-refractivity contribution >= 4 is 21.6 Å². The summed E-state index contributed by atoms with van der Waals surface area (Å²) < 4.78 is 27.8. The zero-order chi connectivity index (χ0) is 14.9. The maximum absolute atomic E-state index is 12.5. The van der Waals surface area contributed by atoms with E-state index >= 15 is 0 Å². The first-order chi connectivity index (χ1) is 10.1. The number of pyridine rings is 1. The SMILES string of the molecule is O=S(=O)(NC(c1ccccc1)C1CC1)c1ccnc(Cl)c1. The highest BCUT2D eigenvalue weighted by atomic mass is 35.5. The Morgan fingerprint density at radius 2 is 1.90 bits per heavy atom. The zero-order valence-electron chi connectivity index (χ0n) is 11.2. The number of nitrogens with zero attached hydrogens (tertiary/aromatic N) is 1. The van der Waals surface area contributed by atoms with E-state index < -0.39 is 10.0 Å². The molecule has 3 rings (SSSR count). The van der Waals surface area contributed by atoms with Crippen LogP contribution in [0.5, 0.6) is 0 Å². The van der Waals surface area contributed by atoms with E-state index in [1.54, 1.807) is 0 Å². The summed E-state index contributed by atoms with van der Waals surface area (Å²) in [6.07, 6.45) is 3.48. The summed E-state index contributed by atoms with van der Waals surface area (Å²) in [4.78, 5) is 3.95. The highest BCUT2D eigenvalue weighted by molar-refractivity contribution is 7.89. The van der Waals surface area contributed by atoms with Gasteiger partial charge in [-0.3, -0.25) is 0 Å². The molecular weight excluding hydrogens is 308 g/mol. The Morgan fingerprint density at radius 3 is 2.52 bits per heavy atom. The first-order valence-electron chi connectivity index (χ1n) is 6.75. The van der Waals surface area contributed by atoms with Gasteiger partial charge in [-0.1, -0.05) is 41.9 Å². The molecule has 0 amide bonds. The zero-order valence-corrected chi connectivity index (χ0v) is 12.8. The second kappa shape index (κ2) is 5.75. The highest BCUT2D eigenvalue weighted by Gasteiger charge is 2.35. The average Bonchev–Trinajstić information content (AvgIpc) is 3.30. The van der Waals surface area contributed by atoms with Crippen LogP contribution in [0, 0.1) is 5.92 Å². The fraction of sp³-hybridized carbons (Fsp3) is 0.267. The maximum atomic E-state index is 12.5. The van der Waals surface area contributed by atoms with Crippen molar-refractivity contribution < 1.29 is 8.42 Å². The number of hydrogen-bond acceptors (Lipinski definition) is 3.